The van der Waals surface area contributed by atoms with Gasteiger partial charge >= 0.3 is 24.6 Å². The predicted octanol–water partition coefficient (Wildman–Crippen LogP) is 2.00. The SMILES string of the molecule is O=C(O)OC[C@H]1O[C@@H](OCc2cn(Cc3ccc4ccccc4n3)nn2)[C@H](OC(=O)O)[C@@H](OC(=O)O)[C@@H]1OC(=O)O. The Morgan fingerprint density at radius 1 is 0.829 bits per heavy atom. The second kappa shape index (κ2) is 12.7. The van der Waals surface area contributed by atoms with Crippen molar-refractivity contribution in [1.82, 2.24) is 20.0 Å². The molecule has 1 aliphatic rings. The van der Waals surface area contributed by atoms with Gasteiger partial charge in [0, 0.05) is 5.39 Å². The predicted molar refractivity (Wildman–Crippen MR) is 127 cm³/mol. The highest BCUT2D eigenvalue weighted by Gasteiger charge is 2.54. The maximum Gasteiger partial charge on any atom is 0.506 e. The number of hydrogen-bond acceptors (Lipinski definition) is 13. The molecule has 18 heteroatoms. The van der Waals surface area contributed by atoms with Crippen molar-refractivity contribution in [2.24, 2.45) is 0 Å². The minimum Gasteiger partial charge on any atom is -0.450 e. The van der Waals surface area contributed by atoms with Crippen LogP contribution in [0.1, 0.15) is 11.4 Å². The summed E-state index contributed by atoms with van der Waals surface area (Å²) in [5, 5.41) is 45.3. The lowest BCUT2D eigenvalue weighted by molar-refractivity contribution is -0.305. The van der Waals surface area contributed by atoms with E-state index in [1.807, 2.05) is 36.4 Å². The molecule has 0 amide bonds. The van der Waals surface area contributed by atoms with Gasteiger partial charge < -0.3 is 48.8 Å². The molecule has 0 unspecified atom stereocenters. The molecule has 4 N–H and O–H groups in total. The van der Waals surface area contributed by atoms with Crippen LogP contribution in [-0.2, 0) is 41.6 Å². The molecule has 2 aromatic heterocycles. The molecule has 3 heterocycles. The van der Waals surface area contributed by atoms with E-state index in [1.165, 1.54) is 10.9 Å². The minimum atomic E-state index is -1.98. The third-order valence-corrected chi connectivity index (χ3v) is 5.63. The van der Waals surface area contributed by atoms with Crippen molar-refractivity contribution in [2.75, 3.05) is 6.61 Å². The van der Waals surface area contributed by atoms with Gasteiger partial charge in [-0.2, -0.15) is 0 Å². The minimum absolute atomic E-state index is 0.224. The van der Waals surface area contributed by atoms with E-state index in [4.69, 9.17) is 24.4 Å². The van der Waals surface area contributed by atoms with Crippen LogP contribution in [0.4, 0.5) is 19.2 Å². The smallest absolute Gasteiger partial charge is 0.450 e. The van der Waals surface area contributed by atoms with E-state index in [1.54, 1.807) is 0 Å². The molecule has 1 saturated heterocycles. The van der Waals surface area contributed by atoms with Gasteiger partial charge in [0.2, 0.25) is 0 Å². The first-order valence-electron chi connectivity index (χ1n) is 11.6. The molecule has 4 rings (SSSR count). The summed E-state index contributed by atoms with van der Waals surface area (Å²) in [6.07, 6.45) is -15.2. The summed E-state index contributed by atoms with van der Waals surface area (Å²) in [7, 11) is 0. The molecule has 1 aromatic carbocycles. The molecule has 0 radical (unpaired) electrons. The molecular weight excluding hydrogens is 556 g/mol. The number of pyridine rings is 1. The van der Waals surface area contributed by atoms with Crippen LogP contribution in [0.5, 0.6) is 0 Å². The van der Waals surface area contributed by atoms with Crippen LogP contribution in [0.3, 0.4) is 0 Å². The van der Waals surface area contributed by atoms with E-state index in [0.29, 0.717) is 5.69 Å². The van der Waals surface area contributed by atoms with Gasteiger partial charge in [0.25, 0.3) is 0 Å². The fourth-order valence-electron chi connectivity index (χ4n) is 4.06. The molecule has 18 nitrogen and oxygen atoms in total. The lowest BCUT2D eigenvalue weighted by Crippen LogP contribution is -2.63. The summed E-state index contributed by atoms with van der Waals surface area (Å²) in [5.74, 6) is 0. The Morgan fingerprint density at radius 3 is 2.22 bits per heavy atom. The zero-order valence-electron chi connectivity index (χ0n) is 20.7. The maximum absolute atomic E-state index is 11.4. The van der Waals surface area contributed by atoms with Crippen molar-refractivity contribution < 1.29 is 68.0 Å². The second-order valence-corrected chi connectivity index (χ2v) is 8.38. The summed E-state index contributed by atoms with van der Waals surface area (Å²) in [6.45, 7) is -0.993. The summed E-state index contributed by atoms with van der Waals surface area (Å²) in [4.78, 5) is 49.4. The van der Waals surface area contributed by atoms with Gasteiger partial charge in [-0.15, -0.1) is 5.10 Å². The topological polar surface area (TPSA) is 248 Å². The first-order chi connectivity index (χ1) is 19.6. The average Bonchev–Trinajstić information content (AvgIpc) is 3.35. The summed E-state index contributed by atoms with van der Waals surface area (Å²) in [5.41, 5.74) is 1.70. The van der Waals surface area contributed by atoms with Crippen LogP contribution in [0.25, 0.3) is 10.9 Å². The number of para-hydroxylation sites is 1. The van der Waals surface area contributed by atoms with Crippen LogP contribution < -0.4 is 0 Å². The van der Waals surface area contributed by atoms with E-state index in [2.05, 4.69) is 29.5 Å². The van der Waals surface area contributed by atoms with Crippen molar-refractivity contribution in [3.63, 3.8) is 0 Å². The average molecular weight is 578 g/mol. The molecule has 218 valence electrons. The third-order valence-electron chi connectivity index (χ3n) is 5.63. The molecule has 0 bridgehead atoms. The largest absolute Gasteiger partial charge is 0.506 e. The molecule has 41 heavy (non-hydrogen) atoms. The summed E-state index contributed by atoms with van der Waals surface area (Å²) in [6, 6.07) is 11.3. The maximum atomic E-state index is 11.4. The third kappa shape index (κ3) is 7.67. The van der Waals surface area contributed by atoms with Gasteiger partial charge in [-0.25, -0.2) is 23.9 Å². The van der Waals surface area contributed by atoms with Gasteiger partial charge in [-0.1, -0.05) is 29.5 Å². The summed E-state index contributed by atoms with van der Waals surface area (Å²) >= 11 is 0. The Labute approximate surface area is 228 Å². The van der Waals surface area contributed by atoms with Crippen LogP contribution in [-0.4, -0.2) is 102 Å². The van der Waals surface area contributed by atoms with E-state index in [0.717, 1.165) is 10.9 Å². The number of benzene rings is 1. The van der Waals surface area contributed by atoms with Gasteiger partial charge in [-0.3, -0.25) is 4.98 Å². The monoisotopic (exact) mass is 578 g/mol. The Morgan fingerprint density at radius 2 is 1.51 bits per heavy atom. The Hall–Kier alpha value is -5.23. The number of ether oxygens (including phenoxy) is 6. The Bertz CT molecular complexity index is 1410. The number of rotatable bonds is 10. The normalized spacial score (nSPS) is 22.0. The van der Waals surface area contributed by atoms with E-state index in [9.17, 15) is 29.4 Å². The molecule has 1 aliphatic heterocycles. The van der Waals surface area contributed by atoms with Crippen molar-refractivity contribution in [3.8, 4) is 0 Å². The fourth-order valence-corrected chi connectivity index (χ4v) is 4.06. The molecule has 0 saturated carbocycles. The molecule has 1 fully saturated rings. The highest BCUT2D eigenvalue weighted by atomic mass is 16.8. The van der Waals surface area contributed by atoms with Crippen molar-refractivity contribution in [3.05, 3.63) is 54.0 Å². The zero-order valence-corrected chi connectivity index (χ0v) is 20.7. The first-order valence-corrected chi connectivity index (χ1v) is 11.6. The number of aromatic nitrogens is 4. The van der Waals surface area contributed by atoms with Crippen molar-refractivity contribution in [2.45, 2.75) is 43.9 Å². The number of fused-ring (bicyclic) bond motifs is 1. The molecule has 0 aliphatic carbocycles. The van der Waals surface area contributed by atoms with E-state index in [-0.39, 0.29) is 18.8 Å². The van der Waals surface area contributed by atoms with Crippen LogP contribution in [0, 0.1) is 0 Å². The molecular formula is C23H22N4O14. The van der Waals surface area contributed by atoms with E-state index >= 15 is 0 Å². The Kier molecular flexibility index (Phi) is 8.95. The van der Waals surface area contributed by atoms with Crippen LogP contribution >= 0.6 is 0 Å². The lowest BCUT2D eigenvalue weighted by Gasteiger charge is -2.42. The van der Waals surface area contributed by atoms with Gasteiger partial charge in [0.15, 0.2) is 24.6 Å². The number of carbonyl (C=O) groups is 4. The quantitative estimate of drug-likeness (QED) is 0.198. The highest BCUT2D eigenvalue weighted by molar-refractivity contribution is 5.78. The van der Waals surface area contributed by atoms with Crippen LogP contribution in [0.15, 0.2) is 42.6 Å². The second-order valence-electron chi connectivity index (χ2n) is 8.38. The first kappa shape index (κ1) is 28.8. The molecule has 0 spiro atoms. The number of nitrogens with zero attached hydrogens (tertiary/aromatic N) is 4. The van der Waals surface area contributed by atoms with E-state index < -0.39 is 61.9 Å². The number of hydrogen-bond donors (Lipinski definition) is 4. The molecule has 5 atom stereocenters. The van der Waals surface area contributed by atoms with Gasteiger partial charge in [-0.05, 0) is 12.1 Å². The van der Waals surface area contributed by atoms with Crippen molar-refractivity contribution in [1.29, 1.82) is 0 Å². The number of carboxylic acid groups (broad SMARTS) is 4. The molecule has 3 aromatic rings. The zero-order chi connectivity index (χ0) is 29.5. The Balaban J connectivity index is 1.51. The van der Waals surface area contributed by atoms with Crippen LogP contribution in [0.2, 0.25) is 0 Å². The lowest BCUT2D eigenvalue weighted by atomic mass is 9.98. The summed E-state index contributed by atoms with van der Waals surface area (Å²) < 4.78 is 31.0. The standard InChI is InChI=1S/C23H22N4O14/c28-20(29)37-10-15-16(39-21(30)31)17(40-22(32)33)18(41-23(34)35)19(38-15)36-9-13-8-27(26-25-13)7-12-6-5-11-3-1-2-4-14(11)24-12/h1-6,8,15-19H,7,9-10H2,(H,28,29)(H,30,31)(H,32,33)(H,34,35)/t15-,16-,17+,18-,19-/m1/s1. The van der Waals surface area contributed by atoms with Gasteiger partial charge in [0.1, 0.15) is 18.4 Å². The van der Waals surface area contributed by atoms with Gasteiger partial charge in [0.05, 0.1) is 30.6 Å². The highest BCUT2D eigenvalue weighted by Crippen LogP contribution is 2.30. The van der Waals surface area contributed by atoms with Crippen molar-refractivity contribution >= 4 is 35.5 Å². The fraction of sp³-hybridized carbons (Fsp3) is 0.348.